The summed E-state index contributed by atoms with van der Waals surface area (Å²) in [6, 6.07) is 8.20. The number of fused-ring (bicyclic) bond motifs is 1. The van der Waals surface area contributed by atoms with Crippen molar-refractivity contribution in [3.63, 3.8) is 0 Å². The summed E-state index contributed by atoms with van der Waals surface area (Å²) in [5.74, 6) is 0.529. The number of carbonyl (C=O) groups excluding carboxylic acids is 1. The highest BCUT2D eigenvalue weighted by molar-refractivity contribution is 8.77. The normalized spacial score (nSPS) is 21.3. The molecule has 1 unspecified atom stereocenters. The van der Waals surface area contributed by atoms with E-state index in [1.807, 2.05) is 18.2 Å². The second-order valence-electron chi connectivity index (χ2n) is 8.26. The maximum absolute atomic E-state index is 12.4. The highest BCUT2D eigenvalue weighted by Gasteiger charge is 2.48. The third-order valence-electron chi connectivity index (χ3n) is 4.84. The van der Waals surface area contributed by atoms with Gasteiger partial charge in [-0.2, -0.15) is 0 Å². The van der Waals surface area contributed by atoms with Crippen LogP contribution in [-0.4, -0.2) is 31.9 Å². The van der Waals surface area contributed by atoms with E-state index in [9.17, 15) is 4.79 Å². The van der Waals surface area contributed by atoms with Crippen LogP contribution in [0.4, 0.5) is 0 Å². The lowest BCUT2D eigenvalue weighted by atomic mass is 9.69. The summed E-state index contributed by atoms with van der Waals surface area (Å²) < 4.78 is 8.16. The molecule has 1 aromatic carbocycles. The number of carbonyl (C=O) groups is 1. The number of para-hydroxylation sites is 1. The molecule has 0 radical (unpaired) electrons. The van der Waals surface area contributed by atoms with E-state index in [1.54, 1.807) is 32.9 Å². The number of nitrogens with one attached hydrogen (secondary N) is 1. The fourth-order valence-corrected chi connectivity index (χ4v) is 7.87. The van der Waals surface area contributed by atoms with E-state index in [0.29, 0.717) is 5.92 Å². The fourth-order valence-electron chi connectivity index (χ4n) is 3.41. The molecule has 4 nitrogen and oxygen atoms in total. The molecule has 8 heteroatoms. The van der Waals surface area contributed by atoms with Crippen LogP contribution in [0.3, 0.4) is 0 Å². The van der Waals surface area contributed by atoms with E-state index in [2.05, 4.69) is 50.2 Å². The number of β-lactam (4-membered cyclic amide) rings is 1. The first-order valence-corrected chi connectivity index (χ1v) is 15.2. The van der Waals surface area contributed by atoms with Crippen molar-refractivity contribution in [3.05, 3.63) is 24.3 Å². The number of amides is 1. The van der Waals surface area contributed by atoms with Crippen molar-refractivity contribution in [2.24, 2.45) is 17.3 Å². The van der Waals surface area contributed by atoms with E-state index >= 15 is 0 Å². The van der Waals surface area contributed by atoms with Crippen molar-refractivity contribution in [1.82, 2.24) is 10.3 Å². The molecule has 1 aliphatic rings. The summed E-state index contributed by atoms with van der Waals surface area (Å²) >= 11 is 1.71. The molecule has 1 aliphatic heterocycles. The van der Waals surface area contributed by atoms with Gasteiger partial charge in [0.1, 0.15) is 0 Å². The Morgan fingerprint density at radius 1 is 1.33 bits per heavy atom. The third-order valence-corrected chi connectivity index (χ3v) is 9.72. The molecule has 3 rings (SSSR count). The Morgan fingerprint density at radius 2 is 2.07 bits per heavy atom. The molecule has 0 saturated carbocycles. The van der Waals surface area contributed by atoms with Gasteiger partial charge >= 0.3 is 0 Å². The van der Waals surface area contributed by atoms with Crippen LogP contribution in [0.15, 0.2) is 28.6 Å². The molecule has 2 aromatic rings. The van der Waals surface area contributed by atoms with Crippen LogP contribution in [0.5, 0.6) is 0 Å². The van der Waals surface area contributed by atoms with Gasteiger partial charge in [-0.3, -0.25) is 4.79 Å². The molecule has 3 atom stereocenters. The van der Waals surface area contributed by atoms with Crippen molar-refractivity contribution < 1.29 is 9.22 Å². The topological polar surface area (TPSA) is 51.2 Å². The third kappa shape index (κ3) is 5.29. The van der Waals surface area contributed by atoms with Crippen LogP contribution in [0.25, 0.3) is 10.2 Å². The van der Waals surface area contributed by atoms with Crippen molar-refractivity contribution >= 4 is 58.1 Å². The van der Waals surface area contributed by atoms with Gasteiger partial charge in [-0.1, -0.05) is 43.7 Å². The molecule has 27 heavy (non-hydrogen) atoms. The highest BCUT2D eigenvalue weighted by atomic mass is 33.1. The van der Waals surface area contributed by atoms with Gasteiger partial charge in [0.25, 0.3) is 0 Å². The average molecular weight is 441 g/mol. The molecule has 1 amide bonds. The van der Waals surface area contributed by atoms with E-state index < -0.39 is 9.04 Å². The fraction of sp³-hybridized carbons (Fsp3) is 0.579. The van der Waals surface area contributed by atoms with Gasteiger partial charge in [-0.05, 0) is 53.8 Å². The Morgan fingerprint density at radius 3 is 2.70 bits per heavy atom. The molecule has 1 saturated heterocycles. The standard InChI is InChI=1S/C19H28N2O2S3Si/c1-19(2,3)12(10-11-23-27(4)5)15-16(22)21-17(15)25-26-18-20-13-8-6-7-9-14(13)24-18/h6-9,12,15,17,27H,10-11H2,1-5H3,(H,21,22)/t12?,15-,17-/m1/s1. The summed E-state index contributed by atoms with van der Waals surface area (Å²) in [6.07, 6.45) is 0.940. The average Bonchev–Trinajstić information content (AvgIpc) is 2.99. The smallest absolute Gasteiger partial charge is 0.227 e. The van der Waals surface area contributed by atoms with E-state index in [4.69, 9.17) is 4.43 Å². The van der Waals surface area contributed by atoms with Gasteiger partial charge in [-0.25, -0.2) is 4.98 Å². The summed E-state index contributed by atoms with van der Waals surface area (Å²) in [5, 5.41) is 3.23. The predicted molar refractivity (Wildman–Crippen MR) is 121 cm³/mol. The number of thiazole rings is 1. The van der Waals surface area contributed by atoms with Crippen LogP contribution < -0.4 is 5.32 Å². The maximum atomic E-state index is 12.4. The number of nitrogens with zero attached hydrogens (tertiary/aromatic N) is 1. The summed E-state index contributed by atoms with van der Waals surface area (Å²) in [4.78, 5) is 17.1. The highest BCUT2D eigenvalue weighted by Crippen LogP contribution is 2.48. The maximum Gasteiger partial charge on any atom is 0.227 e. The lowest BCUT2D eigenvalue weighted by molar-refractivity contribution is -0.137. The van der Waals surface area contributed by atoms with Crippen molar-refractivity contribution in [2.75, 3.05) is 6.61 Å². The first kappa shape index (κ1) is 21.2. The number of aromatic nitrogens is 1. The molecular weight excluding hydrogens is 413 g/mol. The molecule has 0 spiro atoms. The second kappa shape index (κ2) is 8.86. The summed E-state index contributed by atoms with van der Waals surface area (Å²) in [5.41, 5.74) is 1.12. The van der Waals surface area contributed by atoms with Crippen molar-refractivity contribution in [1.29, 1.82) is 0 Å². The molecule has 0 bridgehead atoms. The monoisotopic (exact) mass is 440 g/mol. The largest absolute Gasteiger partial charge is 0.421 e. The van der Waals surface area contributed by atoms with Gasteiger partial charge in [0, 0.05) is 6.61 Å². The van der Waals surface area contributed by atoms with Crippen molar-refractivity contribution in [3.8, 4) is 0 Å². The van der Waals surface area contributed by atoms with Crippen LogP contribution in [0.1, 0.15) is 27.2 Å². The molecule has 1 aromatic heterocycles. The van der Waals surface area contributed by atoms with Gasteiger partial charge in [0.15, 0.2) is 13.4 Å². The predicted octanol–water partition coefficient (Wildman–Crippen LogP) is 5.16. The number of rotatable bonds is 8. The van der Waals surface area contributed by atoms with Crippen LogP contribution in [0.2, 0.25) is 13.1 Å². The number of hydrogen-bond donors (Lipinski definition) is 1. The minimum absolute atomic E-state index is 0.0364. The zero-order valence-electron chi connectivity index (χ0n) is 16.5. The Hall–Kier alpha value is -0.543. The molecule has 148 valence electrons. The second-order valence-corrected chi connectivity index (χ2v) is 14.3. The summed E-state index contributed by atoms with van der Waals surface area (Å²) in [7, 11) is 2.38. The first-order chi connectivity index (χ1) is 12.8. The van der Waals surface area contributed by atoms with Gasteiger partial charge in [-0.15, -0.1) is 11.3 Å². The zero-order valence-corrected chi connectivity index (χ0v) is 20.1. The van der Waals surface area contributed by atoms with Gasteiger partial charge < -0.3 is 9.74 Å². The number of benzene rings is 1. The Labute approximate surface area is 175 Å². The van der Waals surface area contributed by atoms with Gasteiger partial charge in [0.05, 0.1) is 21.5 Å². The molecular formula is C19H28N2O2S3Si. The quantitative estimate of drug-likeness (QED) is 0.349. The summed E-state index contributed by atoms with van der Waals surface area (Å²) in [6.45, 7) is 11.8. The Kier molecular flexibility index (Phi) is 6.95. The zero-order chi connectivity index (χ0) is 19.6. The van der Waals surface area contributed by atoms with Gasteiger partial charge in [0.2, 0.25) is 5.91 Å². The first-order valence-electron chi connectivity index (χ1n) is 9.36. The van der Waals surface area contributed by atoms with E-state index in [-0.39, 0.29) is 22.6 Å². The Bertz CT molecular complexity index is 758. The lowest BCUT2D eigenvalue weighted by Crippen LogP contribution is -2.60. The lowest BCUT2D eigenvalue weighted by Gasteiger charge is -2.45. The SMILES string of the molecule is C[SiH](C)OCCC([C@@H]1C(=O)N[C@@H]1SSc1nc2ccccc2s1)C(C)(C)C. The minimum atomic E-state index is -1.02. The Balaban J connectivity index is 1.63. The minimum Gasteiger partial charge on any atom is -0.421 e. The molecule has 1 fully saturated rings. The van der Waals surface area contributed by atoms with Crippen molar-refractivity contribution in [2.45, 2.75) is 50.0 Å². The van der Waals surface area contributed by atoms with Crippen LogP contribution in [-0.2, 0) is 9.22 Å². The van der Waals surface area contributed by atoms with E-state index in [0.717, 1.165) is 22.9 Å². The molecule has 0 aliphatic carbocycles. The number of hydrogen-bond acceptors (Lipinski definition) is 6. The van der Waals surface area contributed by atoms with Crippen LogP contribution >= 0.6 is 32.9 Å². The van der Waals surface area contributed by atoms with Crippen LogP contribution in [0, 0.1) is 17.3 Å². The molecule has 1 N–H and O–H groups in total. The molecule has 2 heterocycles. The van der Waals surface area contributed by atoms with E-state index in [1.165, 1.54) is 4.70 Å².